The third kappa shape index (κ3) is 6.35. The van der Waals surface area contributed by atoms with E-state index in [1.54, 1.807) is 6.92 Å². The van der Waals surface area contributed by atoms with Gasteiger partial charge in [-0.15, -0.1) is 0 Å². The molecule has 68 valence electrons. The first-order valence-corrected chi connectivity index (χ1v) is 6.00. The van der Waals surface area contributed by atoms with E-state index in [0.29, 0.717) is 11.7 Å². The van der Waals surface area contributed by atoms with Crippen molar-refractivity contribution >= 4 is 9.84 Å². The second-order valence-corrected chi connectivity index (χ2v) is 5.75. The van der Waals surface area contributed by atoms with Crippen LogP contribution in [0.2, 0.25) is 0 Å². The Labute approximate surface area is 69.9 Å². The second kappa shape index (κ2) is 4.75. The van der Waals surface area contributed by atoms with E-state index < -0.39 is 9.84 Å². The first kappa shape index (κ1) is 11.0. The molecule has 0 heterocycles. The van der Waals surface area contributed by atoms with Gasteiger partial charge in [0.05, 0.1) is 5.75 Å². The highest BCUT2D eigenvalue weighted by atomic mass is 32.2. The molecule has 0 atom stereocenters. The molecule has 0 saturated carbocycles. The molecule has 0 fully saturated rings. The summed E-state index contributed by atoms with van der Waals surface area (Å²) >= 11 is 0. The fourth-order valence-electron chi connectivity index (χ4n) is 0.856. The Morgan fingerprint density at radius 2 is 1.82 bits per heavy atom. The number of sulfone groups is 1. The van der Waals surface area contributed by atoms with Crippen LogP contribution in [0, 0.1) is 5.92 Å². The minimum absolute atomic E-state index is 0.283. The van der Waals surface area contributed by atoms with E-state index in [4.69, 9.17) is 0 Å². The van der Waals surface area contributed by atoms with Crippen LogP contribution in [0.15, 0.2) is 0 Å². The Bertz CT molecular complexity index is 180. The van der Waals surface area contributed by atoms with Crippen LogP contribution in [0.1, 0.15) is 33.6 Å². The third-order valence-corrected chi connectivity index (χ3v) is 3.47. The average molecular weight is 178 g/mol. The van der Waals surface area contributed by atoms with Gasteiger partial charge in [0.1, 0.15) is 9.84 Å². The summed E-state index contributed by atoms with van der Waals surface area (Å²) in [6.45, 7) is 5.92. The normalized spacial score (nSPS) is 12.4. The fraction of sp³-hybridized carbons (Fsp3) is 1.00. The first-order valence-electron chi connectivity index (χ1n) is 4.18. The van der Waals surface area contributed by atoms with Crippen molar-refractivity contribution in [3.8, 4) is 0 Å². The van der Waals surface area contributed by atoms with E-state index in [1.807, 2.05) is 0 Å². The molecule has 0 aliphatic carbocycles. The summed E-state index contributed by atoms with van der Waals surface area (Å²) in [5, 5.41) is 0. The van der Waals surface area contributed by atoms with Crippen molar-refractivity contribution in [1.29, 1.82) is 0 Å². The predicted octanol–water partition coefficient (Wildman–Crippen LogP) is 1.86. The summed E-state index contributed by atoms with van der Waals surface area (Å²) in [4.78, 5) is 0. The van der Waals surface area contributed by atoms with E-state index >= 15 is 0 Å². The maximum absolute atomic E-state index is 11.0. The van der Waals surface area contributed by atoms with Crippen molar-refractivity contribution in [2.45, 2.75) is 33.6 Å². The van der Waals surface area contributed by atoms with Gasteiger partial charge in [-0.3, -0.25) is 0 Å². The molecule has 0 aliphatic heterocycles. The van der Waals surface area contributed by atoms with Crippen molar-refractivity contribution in [1.82, 2.24) is 0 Å². The molecule has 0 spiro atoms. The van der Waals surface area contributed by atoms with E-state index in [1.165, 1.54) is 0 Å². The molecule has 0 aliphatic rings. The minimum atomic E-state index is -2.72. The van der Waals surface area contributed by atoms with Crippen molar-refractivity contribution in [3.63, 3.8) is 0 Å². The van der Waals surface area contributed by atoms with Gasteiger partial charge in [-0.25, -0.2) is 8.42 Å². The zero-order chi connectivity index (χ0) is 8.91. The van der Waals surface area contributed by atoms with Gasteiger partial charge in [-0.05, 0) is 12.3 Å². The van der Waals surface area contributed by atoms with Gasteiger partial charge in [0, 0.05) is 5.75 Å². The lowest BCUT2D eigenvalue weighted by molar-refractivity contribution is 0.560. The Balaban J connectivity index is 3.55. The van der Waals surface area contributed by atoms with E-state index in [9.17, 15) is 8.42 Å². The van der Waals surface area contributed by atoms with Gasteiger partial charge in [0.25, 0.3) is 0 Å². The summed E-state index contributed by atoms with van der Waals surface area (Å²) in [5.74, 6) is 1.26. The Morgan fingerprint density at radius 1 is 1.27 bits per heavy atom. The molecule has 0 radical (unpaired) electrons. The highest BCUT2D eigenvalue weighted by molar-refractivity contribution is 7.91. The highest BCUT2D eigenvalue weighted by Gasteiger charge is 2.06. The third-order valence-electron chi connectivity index (χ3n) is 1.68. The van der Waals surface area contributed by atoms with Gasteiger partial charge in [-0.2, -0.15) is 0 Å². The molecule has 0 aromatic rings. The zero-order valence-electron chi connectivity index (χ0n) is 7.63. The smallest absolute Gasteiger partial charge is 0.150 e. The molecule has 0 rings (SSSR count). The van der Waals surface area contributed by atoms with E-state index in [0.717, 1.165) is 12.8 Å². The lowest BCUT2D eigenvalue weighted by Crippen LogP contribution is -2.09. The maximum Gasteiger partial charge on any atom is 0.150 e. The molecule has 0 amide bonds. The fourth-order valence-corrected chi connectivity index (χ4v) is 1.75. The monoisotopic (exact) mass is 178 g/mol. The minimum Gasteiger partial charge on any atom is -0.229 e. The Hall–Kier alpha value is -0.0500. The van der Waals surface area contributed by atoms with Gasteiger partial charge < -0.3 is 0 Å². The van der Waals surface area contributed by atoms with Crippen LogP contribution in [0.4, 0.5) is 0 Å². The van der Waals surface area contributed by atoms with E-state index in [-0.39, 0.29) is 5.75 Å². The summed E-state index contributed by atoms with van der Waals surface area (Å²) in [6.07, 6.45) is 1.83. The molecule has 2 nitrogen and oxygen atoms in total. The molecule has 3 heteroatoms. The maximum atomic E-state index is 11.0. The largest absolute Gasteiger partial charge is 0.229 e. The SMILES string of the molecule is CCS(=O)(=O)CCCC(C)C. The van der Waals surface area contributed by atoms with Crippen LogP contribution in [-0.2, 0) is 9.84 Å². The predicted molar refractivity (Wildman–Crippen MR) is 48.4 cm³/mol. The summed E-state index contributed by atoms with van der Waals surface area (Å²) in [5.41, 5.74) is 0. The molecule has 0 saturated heterocycles. The topological polar surface area (TPSA) is 34.1 Å². The van der Waals surface area contributed by atoms with Crippen LogP contribution in [-0.4, -0.2) is 19.9 Å². The van der Waals surface area contributed by atoms with Crippen LogP contribution >= 0.6 is 0 Å². The summed E-state index contributed by atoms with van der Waals surface area (Å²) in [6, 6.07) is 0. The van der Waals surface area contributed by atoms with Crippen molar-refractivity contribution in [3.05, 3.63) is 0 Å². The van der Waals surface area contributed by atoms with Gasteiger partial charge in [0.2, 0.25) is 0 Å². The average Bonchev–Trinajstić information content (AvgIpc) is 1.87. The molecule has 0 aromatic heterocycles. The second-order valence-electron chi connectivity index (χ2n) is 3.27. The van der Waals surface area contributed by atoms with Crippen LogP contribution < -0.4 is 0 Å². The van der Waals surface area contributed by atoms with Gasteiger partial charge in [0.15, 0.2) is 0 Å². The van der Waals surface area contributed by atoms with Crippen LogP contribution in [0.25, 0.3) is 0 Å². The standard InChI is InChI=1S/C8H18O2S/c1-4-11(9,10)7-5-6-8(2)3/h8H,4-7H2,1-3H3. The summed E-state index contributed by atoms with van der Waals surface area (Å²) in [7, 11) is -2.72. The molecule has 0 bridgehead atoms. The Kier molecular flexibility index (Phi) is 4.73. The van der Waals surface area contributed by atoms with E-state index in [2.05, 4.69) is 13.8 Å². The number of hydrogen-bond acceptors (Lipinski definition) is 2. The zero-order valence-corrected chi connectivity index (χ0v) is 8.45. The molecule has 0 aromatic carbocycles. The number of hydrogen-bond donors (Lipinski definition) is 0. The van der Waals surface area contributed by atoms with Crippen molar-refractivity contribution < 1.29 is 8.42 Å². The van der Waals surface area contributed by atoms with Gasteiger partial charge in [-0.1, -0.05) is 27.2 Å². The Morgan fingerprint density at radius 3 is 2.18 bits per heavy atom. The summed E-state index contributed by atoms with van der Waals surface area (Å²) < 4.78 is 22.0. The highest BCUT2D eigenvalue weighted by Crippen LogP contribution is 2.05. The van der Waals surface area contributed by atoms with Gasteiger partial charge >= 0.3 is 0 Å². The molecular weight excluding hydrogens is 160 g/mol. The van der Waals surface area contributed by atoms with Crippen molar-refractivity contribution in [2.75, 3.05) is 11.5 Å². The number of rotatable bonds is 5. The molecule has 0 N–H and O–H groups in total. The van der Waals surface area contributed by atoms with Crippen LogP contribution in [0.5, 0.6) is 0 Å². The first-order chi connectivity index (χ1) is 4.98. The lowest BCUT2D eigenvalue weighted by atomic mass is 10.1. The van der Waals surface area contributed by atoms with Crippen molar-refractivity contribution in [2.24, 2.45) is 5.92 Å². The van der Waals surface area contributed by atoms with Crippen LogP contribution in [0.3, 0.4) is 0 Å². The molecular formula is C8H18O2S. The molecule has 0 unspecified atom stereocenters. The quantitative estimate of drug-likeness (QED) is 0.644. The lowest BCUT2D eigenvalue weighted by Gasteiger charge is -2.03. The molecule has 11 heavy (non-hydrogen) atoms.